The zero-order valence-electron chi connectivity index (χ0n) is 12.3. The molecule has 0 radical (unpaired) electrons. The van der Waals surface area contributed by atoms with Gasteiger partial charge in [0.1, 0.15) is 11.5 Å². The van der Waals surface area contributed by atoms with Gasteiger partial charge in [0.2, 0.25) is 0 Å². The Morgan fingerprint density at radius 3 is 2.64 bits per heavy atom. The van der Waals surface area contributed by atoms with Crippen molar-refractivity contribution in [1.82, 2.24) is 4.98 Å². The highest BCUT2D eigenvalue weighted by molar-refractivity contribution is 7.18. The van der Waals surface area contributed by atoms with Crippen molar-refractivity contribution in [1.29, 1.82) is 0 Å². The molecule has 7 heteroatoms. The van der Waals surface area contributed by atoms with E-state index in [1.54, 1.807) is 6.92 Å². The van der Waals surface area contributed by atoms with Crippen LogP contribution in [0.15, 0.2) is 30.3 Å². The van der Waals surface area contributed by atoms with Crippen LogP contribution in [0.1, 0.15) is 16.6 Å². The van der Waals surface area contributed by atoms with Crippen molar-refractivity contribution in [2.75, 3.05) is 25.6 Å². The zero-order chi connectivity index (χ0) is 15.9. The van der Waals surface area contributed by atoms with E-state index in [1.165, 1.54) is 7.11 Å². The Morgan fingerprint density at radius 2 is 2.00 bits per heavy atom. The number of nitrogens with one attached hydrogen (secondary N) is 1. The van der Waals surface area contributed by atoms with Crippen LogP contribution in [0.25, 0.3) is 11.3 Å². The van der Waals surface area contributed by atoms with Crippen LogP contribution in [0.2, 0.25) is 0 Å². The molecule has 1 heterocycles. The molecule has 0 bridgehead atoms. The van der Waals surface area contributed by atoms with E-state index >= 15 is 0 Å². The molecule has 0 atom stereocenters. The van der Waals surface area contributed by atoms with Gasteiger partial charge >= 0.3 is 5.97 Å². The van der Waals surface area contributed by atoms with Crippen LogP contribution in [0.4, 0.5) is 5.13 Å². The average Bonchev–Trinajstić information content (AvgIpc) is 2.92. The highest BCUT2D eigenvalue weighted by atomic mass is 32.1. The summed E-state index contributed by atoms with van der Waals surface area (Å²) < 4.78 is 9.81. The van der Waals surface area contributed by atoms with Gasteiger partial charge < -0.3 is 9.47 Å². The number of thiazole rings is 1. The predicted octanol–water partition coefficient (Wildman–Crippen LogP) is 2.57. The molecular weight excluding hydrogens is 304 g/mol. The van der Waals surface area contributed by atoms with Crippen molar-refractivity contribution < 1.29 is 19.1 Å². The van der Waals surface area contributed by atoms with Gasteiger partial charge in [-0.05, 0) is 6.92 Å². The molecule has 1 N–H and O–H groups in total. The maximum Gasteiger partial charge on any atom is 0.350 e. The minimum Gasteiger partial charge on any atom is -0.462 e. The van der Waals surface area contributed by atoms with E-state index in [9.17, 15) is 9.59 Å². The third-order valence-electron chi connectivity index (χ3n) is 2.66. The summed E-state index contributed by atoms with van der Waals surface area (Å²) in [5.41, 5.74) is 1.28. The standard InChI is InChI=1S/C15H16N2O4S/c1-3-21-14(19)13-12(10-7-5-4-6-8-10)17-15(22-13)16-11(18)9-20-2/h4-8H,3,9H2,1-2H3,(H,16,17,18). The first-order chi connectivity index (χ1) is 10.7. The van der Waals surface area contributed by atoms with Gasteiger partial charge in [-0.15, -0.1) is 0 Å². The van der Waals surface area contributed by atoms with Crippen LogP contribution in [0, 0.1) is 0 Å². The molecule has 1 amide bonds. The number of nitrogens with zero attached hydrogens (tertiary/aromatic N) is 1. The first-order valence-corrected chi connectivity index (χ1v) is 7.49. The summed E-state index contributed by atoms with van der Waals surface area (Å²) in [4.78, 5) is 28.4. The summed E-state index contributed by atoms with van der Waals surface area (Å²) in [6.45, 7) is 1.94. The number of ether oxygens (including phenoxy) is 2. The van der Waals surface area contributed by atoms with E-state index in [0.29, 0.717) is 15.7 Å². The lowest BCUT2D eigenvalue weighted by molar-refractivity contribution is -0.119. The molecule has 2 rings (SSSR count). The zero-order valence-corrected chi connectivity index (χ0v) is 13.1. The maximum atomic E-state index is 12.1. The third-order valence-corrected chi connectivity index (χ3v) is 3.61. The van der Waals surface area contributed by atoms with E-state index in [-0.39, 0.29) is 19.1 Å². The number of anilines is 1. The van der Waals surface area contributed by atoms with Crippen molar-refractivity contribution in [3.05, 3.63) is 35.2 Å². The first-order valence-electron chi connectivity index (χ1n) is 6.67. The fourth-order valence-electron chi connectivity index (χ4n) is 1.79. The van der Waals surface area contributed by atoms with Gasteiger partial charge in [0.15, 0.2) is 5.13 Å². The largest absolute Gasteiger partial charge is 0.462 e. The molecule has 1 aromatic carbocycles. The topological polar surface area (TPSA) is 77.5 Å². The molecule has 6 nitrogen and oxygen atoms in total. The summed E-state index contributed by atoms with van der Waals surface area (Å²) in [6.07, 6.45) is 0. The molecule has 116 valence electrons. The number of carbonyl (C=O) groups is 2. The first kappa shape index (κ1) is 16.1. The Balaban J connectivity index is 2.35. The lowest BCUT2D eigenvalue weighted by Crippen LogP contribution is -2.16. The van der Waals surface area contributed by atoms with Gasteiger partial charge in [-0.2, -0.15) is 0 Å². The molecule has 0 fully saturated rings. The fraction of sp³-hybridized carbons (Fsp3) is 0.267. The van der Waals surface area contributed by atoms with E-state index in [0.717, 1.165) is 16.9 Å². The number of hydrogen-bond acceptors (Lipinski definition) is 6. The fourth-order valence-corrected chi connectivity index (χ4v) is 2.68. The van der Waals surface area contributed by atoms with Crippen molar-refractivity contribution in [3.63, 3.8) is 0 Å². The molecular formula is C15H16N2O4S. The minimum atomic E-state index is -0.453. The lowest BCUT2D eigenvalue weighted by atomic mass is 10.1. The smallest absolute Gasteiger partial charge is 0.350 e. The molecule has 0 aliphatic rings. The van der Waals surface area contributed by atoms with E-state index in [1.807, 2.05) is 30.3 Å². The number of benzene rings is 1. The van der Waals surface area contributed by atoms with Gasteiger partial charge in [-0.3, -0.25) is 10.1 Å². The minimum absolute atomic E-state index is 0.0744. The molecule has 0 unspecified atom stereocenters. The Morgan fingerprint density at radius 1 is 1.27 bits per heavy atom. The van der Waals surface area contributed by atoms with Crippen LogP contribution in [-0.4, -0.2) is 37.2 Å². The lowest BCUT2D eigenvalue weighted by Gasteiger charge is -2.01. The second-order valence-corrected chi connectivity index (χ2v) is 5.26. The van der Waals surface area contributed by atoms with Crippen LogP contribution in [-0.2, 0) is 14.3 Å². The van der Waals surface area contributed by atoms with Gasteiger partial charge in [0.25, 0.3) is 5.91 Å². The SMILES string of the molecule is CCOC(=O)c1sc(NC(=O)COC)nc1-c1ccccc1. The Hall–Kier alpha value is -2.25. The third kappa shape index (κ3) is 3.90. The van der Waals surface area contributed by atoms with Crippen molar-refractivity contribution >= 4 is 28.3 Å². The summed E-state index contributed by atoms with van der Waals surface area (Å²) >= 11 is 1.08. The molecule has 0 aliphatic carbocycles. The van der Waals surface area contributed by atoms with Gasteiger partial charge in [-0.25, -0.2) is 9.78 Å². The second kappa shape index (κ2) is 7.67. The maximum absolute atomic E-state index is 12.1. The second-order valence-electron chi connectivity index (χ2n) is 4.26. The number of rotatable bonds is 6. The number of esters is 1. The Bertz CT molecular complexity index is 655. The number of aromatic nitrogens is 1. The molecule has 0 saturated carbocycles. The summed E-state index contributed by atoms with van der Waals surface area (Å²) in [5, 5.41) is 2.94. The number of hydrogen-bond donors (Lipinski definition) is 1. The Labute approximate surface area is 132 Å². The van der Waals surface area contributed by atoms with Crippen LogP contribution in [0.5, 0.6) is 0 Å². The van der Waals surface area contributed by atoms with Crippen LogP contribution in [0.3, 0.4) is 0 Å². The van der Waals surface area contributed by atoms with Crippen LogP contribution < -0.4 is 5.32 Å². The predicted molar refractivity (Wildman–Crippen MR) is 84.0 cm³/mol. The molecule has 1 aromatic heterocycles. The molecule has 0 aliphatic heterocycles. The van der Waals surface area contributed by atoms with Crippen LogP contribution >= 0.6 is 11.3 Å². The summed E-state index contributed by atoms with van der Waals surface area (Å²) in [5.74, 6) is -0.780. The number of methoxy groups -OCH3 is 1. The van der Waals surface area contributed by atoms with Gasteiger partial charge in [-0.1, -0.05) is 41.7 Å². The molecule has 0 saturated heterocycles. The Kier molecular flexibility index (Phi) is 5.62. The normalized spacial score (nSPS) is 10.3. The van der Waals surface area contributed by atoms with Crippen molar-refractivity contribution in [2.24, 2.45) is 0 Å². The molecule has 2 aromatic rings. The number of amides is 1. The monoisotopic (exact) mass is 320 g/mol. The van der Waals surface area contributed by atoms with Crippen molar-refractivity contribution in [2.45, 2.75) is 6.92 Å². The highest BCUT2D eigenvalue weighted by Crippen LogP contribution is 2.31. The number of carbonyl (C=O) groups excluding carboxylic acids is 2. The van der Waals surface area contributed by atoms with Crippen molar-refractivity contribution in [3.8, 4) is 11.3 Å². The molecule has 22 heavy (non-hydrogen) atoms. The molecule has 0 spiro atoms. The average molecular weight is 320 g/mol. The summed E-state index contributed by atoms with van der Waals surface area (Å²) in [7, 11) is 1.43. The van der Waals surface area contributed by atoms with E-state index in [4.69, 9.17) is 9.47 Å². The van der Waals surface area contributed by atoms with E-state index < -0.39 is 5.97 Å². The summed E-state index contributed by atoms with van der Waals surface area (Å²) in [6, 6.07) is 9.28. The van der Waals surface area contributed by atoms with E-state index in [2.05, 4.69) is 10.3 Å². The quantitative estimate of drug-likeness (QED) is 0.828. The van der Waals surface area contributed by atoms with Gasteiger partial charge in [0, 0.05) is 12.7 Å². The van der Waals surface area contributed by atoms with Gasteiger partial charge in [0.05, 0.1) is 12.3 Å². The highest BCUT2D eigenvalue weighted by Gasteiger charge is 2.21.